The molecule has 0 amide bonds. The summed E-state index contributed by atoms with van der Waals surface area (Å²) in [5.41, 5.74) is 5.71. The third kappa shape index (κ3) is 3.43. The minimum absolute atomic E-state index is 0.252. The summed E-state index contributed by atoms with van der Waals surface area (Å²) < 4.78 is 5.06. The van der Waals surface area contributed by atoms with Crippen LogP contribution in [0.5, 0.6) is 0 Å². The predicted octanol–water partition coefficient (Wildman–Crippen LogP) is 5.33. The highest BCUT2D eigenvalue weighted by Gasteiger charge is 2.28. The molecule has 0 heterocycles. The number of rotatable bonds is 5. The fraction of sp³-hybridized carbons (Fsp3) is 0.611. The van der Waals surface area contributed by atoms with Gasteiger partial charge in [-0.2, -0.15) is 11.2 Å². The SMILES string of the molecule is COC(=O)c1c(C)c(C(C)C)c(C(C)C)c(C(C)C)c1S[Si]. The van der Waals surface area contributed by atoms with Crippen LogP contribution in [-0.4, -0.2) is 22.5 Å². The molecule has 0 fully saturated rings. The molecule has 0 aliphatic carbocycles. The van der Waals surface area contributed by atoms with Crippen molar-refractivity contribution in [3.05, 3.63) is 27.8 Å². The Labute approximate surface area is 142 Å². The van der Waals surface area contributed by atoms with Crippen LogP contribution in [0.4, 0.5) is 0 Å². The Balaban J connectivity index is 4.02. The average Bonchev–Trinajstić information content (AvgIpc) is 2.43. The standard InChI is InChI=1S/C18H27O2SSi/c1-9(2)13-12(7)16(18(19)20-8)17(21-22)15(11(5)6)14(13)10(3)4/h9-11H,1-8H3. The molecular formula is C18H27O2SSi. The molecule has 0 aliphatic rings. The van der Waals surface area contributed by atoms with E-state index >= 15 is 0 Å². The second-order valence-corrected chi connectivity index (χ2v) is 7.85. The number of methoxy groups -OCH3 is 1. The van der Waals surface area contributed by atoms with Crippen molar-refractivity contribution in [3.8, 4) is 0 Å². The molecule has 1 aromatic carbocycles. The van der Waals surface area contributed by atoms with Gasteiger partial charge in [0, 0.05) is 4.90 Å². The summed E-state index contributed by atoms with van der Waals surface area (Å²) in [5.74, 6) is 0.875. The van der Waals surface area contributed by atoms with Crippen LogP contribution in [0.1, 0.15) is 91.9 Å². The van der Waals surface area contributed by atoms with Gasteiger partial charge in [0.2, 0.25) is 0 Å². The Morgan fingerprint density at radius 1 is 0.955 bits per heavy atom. The van der Waals surface area contributed by atoms with Crippen LogP contribution >= 0.6 is 11.2 Å². The number of hydrogen-bond donors (Lipinski definition) is 0. The molecule has 0 spiro atoms. The number of ether oxygens (including phenoxy) is 1. The van der Waals surface area contributed by atoms with Crippen LogP contribution in [0.15, 0.2) is 4.90 Å². The Morgan fingerprint density at radius 3 is 1.73 bits per heavy atom. The summed E-state index contributed by atoms with van der Waals surface area (Å²) >= 11 is 1.46. The summed E-state index contributed by atoms with van der Waals surface area (Å²) in [5, 5.41) is 0. The second kappa shape index (κ2) is 7.69. The average molecular weight is 336 g/mol. The van der Waals surface area contributed by atoms with Gasteiger partial charge in [0.15, 0.2) is 0 Å². The molecule has 0 aliphatic heterocycles. The van der Waals surface area contributed by atoms with E-state index in [2.05, 4.69) is 50.9 Å². The van der Waals surface area contributed by atoms with Crippen molar-refractivity contribution in [1.29, 1.82) is 0 Å². The van der Waals surface area contributed by atoms with Gasteiger partial charge < -0.3 is 4.74 Å². The zero-order chi connectivity index (χ0) is 17.2. The molecular weight excluding hydrogens is 308 g/mol. The molecule has 0 bridgehead atoms. The minimum Gasteiger partial charge on any atom is -0.465 e. The van der Waals surface area contributed by atoms with Crippen molar-refractivity contribution in [2.75, 3.05) is 7.11 Å². The van der Waals surface area contributed by atoms with Crippen LogP contribution in [0.3, 0.4) is 0 Å². The number of carbonyl (C=O) groups is 1. The van der Waals surface area contributed by atoms with Gasteiger partial charge in [-0.1, -0.05) is 41.5 Å². The highest BCUT2D eigenvalue weighted by molar-refractivity contribution is 8.19. The first kappa shape index (κ1) is 19.3. The molecule has 0 saturated carbocycles. The monoisotopic (exact) mass is 335 g/mol. The van der Waals surface area contributed by atoms with Crippen molar-refractivity contribution in [3.63, 3.8) is 0 Å². The zero-order valence-electron chi connectivity index (χ0n) is 15.0. The van der Waals surface area contributed by atoms with Gasteiger partial charge in [-0.15, -0.1) is 0 Å². The molecule has 0 unspecified atom stereocenters. The van der Waals surface area contributed by atoms with Gasteiger partial charge in [0.05, 0.1) is 12.7 Å². The molecule has 0 aromatic heterocycles. The third-order valence-electron chi connectivity index (χ3n) is 4.05. The molecule has 1 rings (SSSR count). The largest absolute Gasteiger partial charge is 0.465 e. The van der Waals surface area contributed by atoms with Crippen molar-refractivity contribution in [2.45, 2.75) is 71.1 Å². The smallest absolute Gasteiger partial charge is 0.339 e. The molecule has 0 saturated heterocycles. The van der Waals surface area contributed by atoms with Gasteiger partial charge in [0.1, 0.15) is 9.39 Å². The number of benzene rings is 1. The fourth-order valence-electron chi connectivity index (χ4n) is 3.30. The quantitative estimate of drug-likeness (QED) is 0.537. The van der Waals surface area contributed by atoms with E-state index in [1.54, 1.807) is 0 Å². The highest BCUT2D eigenvalue weighted by Crippen LogP contribution is 2.43. The first-order valence-electron chi connectivity index (χ1n) is 7.80. The maximum absolute atomic E-state index is 12.4. The van der Waals surface area contributed by atoms with E-state index in [9.17, 15) is 4.79 Å². The summed E-state index contributed by atoms with van der Waals surface area (Å²) in [6.07, 6.45) is 0. The maximum atomic E-state index is 12.4. The summed E-state index contributed by atoms with van der Waals surface area (Å²) in [4.78, 5) is 13.4. The van der Waals surface area contributed by atoms with E-state index in [0.29, 0.717) is 23.3 Å². The lowest BCUT2D eigenvalue weighted by Crippen LogP contribution is -2.16. The minimum atomic E-state index is -0.252. The summed E-state index contributed by atoms with van der Waals surface area (Å²) in [6, 6.07) is 0. The maximum Gasteiger partial charge on any atom is 0.339 e. The highest BCUT2D eigenvalue weighted by atomic mass is 32.4. The first-order valence-corrected chi connectivity index (χ1v) is 9.85. The van der Waals surface area contributed by atoms with Crippen molar-refractivity contribution < 1.29 is 9.53 Å². The summed E-state index contributed by atoms with van der Waals surface area (Å²) in [7, 11) is 5.02. The Morgan fingerprint density at radius 2 is 1.41 bits per heavy atom. The molecule has 2 nitrogen and oxygen atoms in total. The van der Waals surface area contributed by atoms with E-state index in [1.165, 1.54) is 35.0 Å². The van der Waals surface area contributed by atoms with Gasteiger partial charge in [-0.05, 0) is 46.9 Å². The molecule has 0 N–H and O–H groups in total. The van der Waals surface area contributed by atoms with Crippen molar-refractivity contribution in [2.24, 2.45) is 0 Å². The molecule has 121 valence electrons. The van der Waals surface area contributed by atoms with Crippen LogP contribution in [-0.2, 0) is 4.74 Å². The van der Waals surface area contributed by atoms with E-state index in [-0.39, 0.29) is 5.97 Å². The van der Waals surface area contributed by atoms with Gasteiger partial charge in [0.25, 0.3) is 0 Å². The van der Waals surface area contributed by atoms with Crippen LogP contribution < -0.4 is 0 Å². The number of esters is 1. The topological polar surface area (TPSA) is 26.3 Å². The van der Waals surface area contributed by atoms with E-state index in [1.807, 2.05) is 6.92 Å². The van der Waals surface area contributed by atoms with Gasteiger partial charge in [-0.3, -0.25) is 0 Å². The molecule has 0 atom stereocenters. The molecule has 3 radical (unpaired) electrons. The lowest BCUT2D eigenvalue weighted by Gasteiger charge is -2.29. The lowest BCUT2D eigenvalue weighted by atomic mass is 9.79. The van der Waals surface area contributed by atoms with E-state index in [4.69, 9.17) is 4.74 Å². The molecule has 22 heavy (non-hydrogen) atoms. The first-order chi connectivity index (χ1) is 10.2. The Bertz CT molecular complexity index is 563. The van der Waals surface area contributed by atoms with Gasteiger partial charge >= 0.3 is 5.97 Å². The van der Waals surface area contributed by atoms with Crippen molar-refractivity contribution >= 4 is 26.6 Å². The number of carbonyl (C=O) groups excluding carboxylic acids is 1. The Kier molecular flexibility index (Phi) is 6.75. The lowest BCUT2D eigenvalue weighted by molar-refractivity contribution is 0.0595. The predicted molar refractivity (Wildman–Crippen MR) is 96.4 cm³/mol. The molecule has 1 aromatic rings. The summed E-state index contributed by atoms with van der Waals surface area (Å²) in [6.45, 7) is 15.3. The van der Waals surface area contributed by atoms with E-state index in [0.717, 1.165) is 10.5 Å². The van der Waals surface area contributed by atoms with E-state index < -0.39 is 0 Å². The van der Waals surface area contributed by atoms with Crippen LogP contribution in [0.2, 0.25) is 0 Å². The second-order valence-electron chi connectivity index (χ2n) is 6.63. The van der Waals surface area contributed by atoms with Crippen LogP contribution in [0.25, 0.3) is 0 Å². The third-order valence-corrected chi connectivity index (χ3v) is 5.30. The number of hydrogen-bond acceptors (Lipinski definition) is 3. The Hall–Kier alpha value is -0.743. The molecule has 4 heteroatoms. The fourth-order valence-corrected chi connectivity index (χ4v) is 4.73. The van der Waals surface area contributed by atoms with Crippen LogP contribution in [0, 0.1) is 6.92 Å². The van der Waals surface area contributed by atoms with Gasteiger partial charge in [-0.25, -0.2) is 4.79 Å². The zero-order valence-corrected chi connectivity index (χ0v) is 16.8. The normalized spacial score (nSPS) is 11.6. The van der Waals surface area contributed by atoms with Crippen molar-refractivity contribution in [1.82, 2.24) is 0 Å².